The minimum absolute atomic E-state index is 0.0682. The Kier molecular flexibility index (Phi) is 3.94. The fourth-order valence-electron chi connectivity index (χ4n) is 2.06. The fourth-order valence-corrected chi connectivity index (χ4v) is 2.06. The maximum atomic E-state index is 12.2. The van der Waals surface area contributed by atoms with Gasteiger partial charge in [-0.05, 0) is 25.0 Å². The number of aliphatic hydroxyl groups excluding tert-OH is 1. The second kappa shape index (κ2) is 5.64. The summed E-state index contributed by atoms with van der Waals surface area (Å²) in [4.78, 5) is 25.2. The first-order valence-electron chi connectivity index (χ1n) is 6.01. The topological polar surface area (TPSA) is 69.6 Å². The van der Waals surface area contributed by atoms with Crippen LogP contribution in [0.15, 0.2) is 24.3 Å². The molecule has 0 unspecified atom stereocenters. The Morgan fingerprint density at radius 2 is 1.89 bits per heavy atom. The van der Waals surface area contributed by atoms with Gasteiger partial charge in [-0.1, -0.05) is 12.1 Å². The number of nitrogens with zero attached hydrogens (tertiary/aromatic N) is 1. The molecular formula is C13H16N2O3. The van der Waals surface area contributed by atoms with Crippen LogP contribution in [0.4, 0.5) is 5.69 Å². The number of nitrogens with one attached hydrogen (secondary N) is 1. The van der Waals surface area contributed by atoms with Crippen molar-refractivity contribution in [2.24, 2.45) is 0 Å². The number of rotatable bonds is 3. The number of hydrogen-bond acceptors (Lipinski definition) is 3. The highest BCUT2D eigenvalue weighted by Crippen LogP contribution is 2.19. The summed E-state index contributed by atoms with van der Waals surface area (Å²) >= 11 is 0. The molecule has 1 aliphatic heterocycles. The first-order valence-corrected chi connectivity index (χ1v) is 6.01. The van der Waals surface area contributed by atoms with Gasteiger partial charge in [-0.3, -0.25) is 9.59 Å². The molecule has 1 fully saturated rings. The van der Waals surface area contributed by atoms with Gasteiger partial charge in [-0.15, -0.1) is 0 Å². The van der Waals surface area contributed by atoms with E-state index in [1.165, 1.54) is 0 Å². The van der Waals surface area contributed by atoms with E-state index in [0.29, 0.717) is 11.3 Å². The number of para-hydroxylation sites is 1. The van der Waals surface area contributed by atoms with E-state index >= 15 is 0 Å². The molecule has 1 heterocycles. The number of benzene rings is 1. The molecule has 0 aliphatic carbocycles. The zero-order valence-electron chi connectivity index (χ0n) is 10.1. The van der Waals surface area contributed by atoms with Gasteiger partial charge >= 0.3 is 0 Å². The molecule has 2 amide bonds. The van der Waals surface area contributed by atoms with Gasteiger partial charge in [0.25, 0.3) is 5.91 Å². The van der Waals surface area contributed by atoms with E-state index in [9.17, 15) is 9.59 Å². The Hall–Kier alpha value is -1.88. The largest absolute Gasteiger partial charge is 0.387 e. The molecule has 1 aliphatic rings. The first-order chi connectivity index (χ1) is 8.72. The molecule has 0 aromatic heterocycles. The van der Waals surface area contributed by atoms with E-state index in [4.69, 9.17) is 5.11 Å². The van der Waals surface area contributed by atoms with E-state index in [0.717, 1.165) is 25.9 Å². The van der Waals surface area contributed by atoms with Crippen LogP contribution >= 0.6 is 0 Å². The SMILES string of the molecule is O=C(CO)Nc1ccccc1C(=O)N1CCCC1. The Labute approximate surface area is 105 Å². The molecule has 18 heavy (non-hydrogen) atoms. The summed E-state index contributed by atoms with van der Waals surface area (Å²) in [5.74, 6) is -0.585. The molecule has 1 aromatic rings. The van der Waals surface area contributed by atoms with Crippen molar-refractivity contribution in [3.05, 3.63) is 29.8 Å². The van der Waals surface area contributed by atoms with Crippen LogP contribution in [0.5, 0.6) is 0 Å². The molecule has 0 spiro atoms. The molecule has 5 heteroatoms. The van der Waals surface area contributed by atoms with Gasteiger partial charge in [-0.2, -0.15) is 0 Å². The maximum Gasteiger partial charge on any atom is 0.255 e. The van der Waals surface area contributed by atoms with Gasteiger partial charge < -0.3 is 15.3 Å². The monoisotopic (exact) mass is 248 g/mol. The summed E-state index contributed by atoms with van der Waals surface area (Å²) < 4.78 is 0. The first kappa shape index (κ1) is 12.6. The number of amides is 2. The number of carbonyl (C=O) groups excluding carboxylic acids is 2. The van der Waals surface area contributed by atoms with Crippen molar-refractivity contribution in [2.45, 2.75) is 12.8 Å². The molecule has 1 saturated heterocycles. The minimum Gasteiger partial charge on any atom is -0.387 e. The lowest BCUT2D eigenvalue weighted by Gasteiger charge is -2.17. The van der Waals surface area contributed by atoms with Crippen molar-refractivity contribution in [3.8, 4) is 0 Å². The lowest BCUT2D eigenvalue weighted by Crippen LogP contribution is -2.29. The van der Waals surface area contributed by atoms with Crippen LogP contribution in [-0.4, -0.2) is 41.5 Å². The van der Waals surface area contributed by atoms with Gasteiger partial charge in [0, 0.05) is 13.1 Å². The van der Waals surface area contributed by atoms with E-state index in [1.807, 2.05) is 0 Å². The number of likely N-dealkylation sites (tertiary alicyclic amines) is 1. The van der Waals surface area contributed by atoms with Gasteiger partial charge in [-0.25, -0.2) is 0 Å². The molecule has 2 N–H and O–H groups in total. The average molecular weight is 248 g/mol. The third-order valence-corrected chi connectivity index (χ3v) is 2.97. The maximum absolute atomic E-state index is 12.2. The summed E-state index contributed by atoms with van der Waals surface area (Å²) in [6.07, 6.45) is 2.05. The average Bonchev–Trinajstić information content (AvgIpc) is 2.92. The number of anilines is 1. The van der Waals surface area contributed by atoms with Crippen LogP contribution < -0.4 is 5.32 Å². The molecule has 5 nitrogen and oxygen atoms in total. The van der Waals surface area contributed by atoms with E-state index in [-0.39, 0.29) is 5.91 Å². The van der Waals surface area contributed by atoms with Crippen LogP contribution in [0.25, 0.3) is 0 Å². The molecule has 1 aromatic carbocycles. The van der Waals surface area contributed by atoms with Crippen molar-refractivity contribution < 1.29 is 14.7 Å². The lowest BCUT2D eigenvalue weighted by atomic mass is 10.1. The minimum atomic E-state index is -0.591. The van der Waals surface area contributed by atoms with Crippen molar-refractivity contribution in [1.82, 2.24) is 4.90 Å². The zero-order valence-corrected chi connectivity index (χ0v) is 10.1. The Bertz CT molecular complexity index is 453. The summed E-state index contributed by atoms with van der Waals surface area (Å²) in [6.45, 7) is 0.939. The van der Waals surface area contributed by atoms with Gasteiger partial charge in [0.15, 0.2) is 0 Å². The highest BCUT2D eigenvalue weighted by molar-refractivity contribution is 6.04. The number of carbonyl (C=O) groups is 2. The zero-order chi connectivity index (χ0) is 13.0. The van der Waals surface area contributed by atoms with Crippen molar-refractivity contribution in [2.75, 3.05) is 25.0 Å². The van der Waals surface area contributed by atoms with E-state index < -0.39 is 12.5 Å². The number of hydrogen-bond donors (Lipinski definition) is 2. The van der Waals surface area contributed by atoms with Gasteiger partial charge in [0.1, 0.15) is 6.61 Å². The second-order valence-electron chi connectivity index (χ2n) is 4.25. The number of aliphatic hydroxyl groups is 1. The summed E-state index contributed by atoms with van der Waals surface area (Å²) in [5, 5.41) is 11.3. The smallest absolute Gasteiger partial charge is 0.255 e. The van der Waals surface area contributed by atoms with Gasteiger partial charge in [0.05, 0.1) is 11.3 Å². The van der Waals surface area contributed by atoms with E-state index in [1.54, 1.807) is 29.2 Å². The van der Waals surface area contributed by atoms with E-state index in [2.05, 4.69) is 5.32 Å². The quantitative estimate of drug-likeness (QED) is 0.833. The van der Waals surface area contributed by atoms with Crippen LogP contribution in [-0.2, 0) is 4.79 Å². The van der Waals surface area contributed by atoms with Crippen LogP contribution in [0, 0.1) is 0 Å². The molecule has 0 radical (unpaired) electrons. The van der Waals surface area contributed by atoms with Crippen LogP contribution in [0.3, 0.4) is 0 Å². The summed E-state index contributed by atoms with van der Waals surface area (Å²) in [6, 6.07) is 6.86. The van der Waals surface area contributed by atoms with Gasteiger partial charge in [0.2, 0.25) is 5.91 Å². The summed E-state index contributed by atoms with van der Waals surface area (Å²) in [5.41, 5.74) is 0.926. The summed E-state index contributed by atoms with van der Waals surface area (Å²) in [7, 11) is 0. The molecular weight excluding hydrogens is 232 g/mol. The molecule has 0 bridgehead atoms. The lowest BCUT2D eigenvalue weighted by molar-refractivity contribution is -0.118. The molecule has 0 saturated carbocycles. The third-order valence-electron chi connectivity index (χ3n) is 2.97. The molecule has 2 rings (SSSR count). The molecule has 0 atom stereocenters. The highest BCUT2D eigenvalue weighted by Gasteiger charge is 2.21. The Balaban J connectivity index is 2.20. The Morgan fingerprint density at radius 1 is 1.22 bits per heavy atom. The Morgan fingerprint density at radius 3 is 2.56 bits per heavy atom. The van der Waals surface area contributed by atoms with Crippen molar-refractivity contribution in [3.63, 3.8) is 0 Å². The van der Waals surface area contributed by atoms with Crippen LogP contribution in [0.2, 0.25) is 0 Å². The predicted molar refractivity (Wildman–Crippen MR) is 67.3 cm³/mol. The second-order valence-corrected chi connectivity index (χ2v) is 4.25. The standard InChI is InChI=1S/C13H16N2O3/c16-9-12(17)14-11-6-2-1-5-10(11)13(18)15-7-3-4-8-15/h1-2,5-6,16H,3-4,7-9H2,(H,14,17). The van der Waals surface area contributed by atoms with Crippen molar-refractivity contribution >= 4 is 17.5 Å². The highest BCUT2D eigenvalue weighted by atomic mass is 16.3. The normalized spacial score (nSPS) is 14.6. The van der Waals surface area contributed by atoms with Crippen molar-refractivity contribution in [1.29, 1.82) is 0 Å². The predicted octanol–water partition coefficient (Wildman–Crippen LogP) is 0.853. The third kappa shape index (κ3) is 2.68. The molecule has 96 valence electrons. The van der Waals surface area contributed by atoms with Crippen LogP contribution in [0.1, 0.15) is 23.2 Å². The fraction of sp³-hybridized carbons (Fsp3) is 0.385.